The lowest BCUT2D eigenvalue weighted by Gasteiger charge is -2.27. The molecule has 0 aromatic heterocycles. The molecule has 3 aromatic carbocycles. The molecule has 3 aromatic rings. The molecule has 1 heterocycles. The summed E-state index contributed by atoms with van der Waals surface area (Å²) in [5, 5.41) is 15.9. The van der Waals surface area contributed by atoms with Gasteiger partial charge in [0.1, 0.15) is 16.7 Å². The highest BCUT2D eigenvalue weighted by Crippen LogP contribution is 2.36. The number of nitrogens with zero attached hydrogens (tertiary/aromatic N) is 3. The first kappa shape index (κ1) is 24.4. The van der Waals surface area contributed by atoms with Gasteiger partial charge in [-0.25, -0.2) is 8.42 Å². The van der Waals surface area contributed by atoms with Crippen molar-refractivity contribution in [1.29, 1.82) is 0 Å². The van der Waals surface area contributed by atoms with E-state index in [-0.39, 0.29) is 35.5 Å². The molecule has 0 fully saturated rings. The molecule has 0 amide bonds. The summed E-state index contributed by atoms with van der Waals surface area (Å²) < 4.78 is 34.0. The number of sulfonamides is 1. The van der Waals surface area contributed by atoms with E-state index in [0.717, 1.165) is 17.2 Å². The Labute approximate surface area is 204 Å². The Morgan fingerprint density at radius 3 is 2.43 bits per heavy atom. The first-order valence-corrected chi connectivity index (χ1v) is 12.7. The Morgan fingerprint density at radius 1 is 1.06 bits per heavy atom. The third kappa shape index (κ3) is 5.03. The molecule has 1 unspecified atom stereocenters. The third-order valence-electron chi connectivity index (χ3n) is 5.83. The van der Waals surface area contributed by atoms with Gasteiger partial charge < -0.3 is 4.74 Å². The maximum atomic E-state index is 13.3. The van der Waals surface area contributed by atoms with Crippen molar-refractivity contribution in [3.8, 4) is 5.75 Å². The first-order chi connectivity index (χ1) is 16.8. The van der Waals surface area contributed by atoms with Crippen LogP contribution < -0.4 is 10.2 Å². The van der Waals surface area contributed by atoms with Crippen molar-refractivity contribution in [2.45, 2.75) is 31.3 Å². The van der Waals surface area contributed by atoms with Crippen LogP contribution in [0.2, 0.25) is 0 Å². The van der Waals surface area contributed by atoms with E-state index in [1.807, 2.05) is 54.6 Å². The van der Waals surface area contributed by atoms with Gasteiger partial charge in [-0.3, -0.25) is 15.5 Å². The number of nitro groups is 1. The summed E-state index contributed by atoms with van der Waals surface area (Å²) in [6.45, 7) is 3.90. The Hall–Kier alpha value is -3.76. The Bertz CT molecular complexity index is 1360. The normalized spacial score (nSPS) is 16.5. The number of nitro benzene ring substituents is 1. The molecule has 0 aliphatic carbocycles. The van der Waals surface area contributed by atoms with Gasteiger partial charge in [-0.2, -0.15) is 9.41 Å². The molecular weight excluding hydrogens is 468 g/mol. The molecule has 182 valence electrons. The van der Waals surface area contributed by atoms with Gasteiger partial charge >= 0.3 is 0 Å². The highest BCUT2D eigenvalue weighted by atomic mass is 32.2. The molecule has 1 aliphatic rings. The zero-order valence-corrected chi connectivity index (χ0v) is 20.2. The lowest BCUT2D eigenvalue weighted by molar-refractivity contribution is -0.385. The number of benzene rings is 3. The number of para-hydroxylation sites is 1. The topological polar surface area (TPSA) is 114 Å². The fraction of sp³-hybridized carbons (Fsp3) is 0.240. The molecule has 1 atom stereocenters. The van der Waals surface area contributed by atoms with Crippen molar-refractivity contribution in [3.05, 3.63) is 94.0 Å². The summed E-state index contributed by atoms with van der Waals surface area (Å²) in [4.78, 5) is 10.5. The van der Waals surface area contributed by atoms with Crippen LogP contribution in [0.15, 0.2) is 82.8 Å². The van der Waals surface area contributed by atoms with E-state index in [4.69, 9.17) is 4.74 Å². The summed E-state index contributed by atoms with van der Waals surface area (Å²) in [7, 11) is -3.98. The van der Waals surface area contributed by atoms with Crippen molar-refractivity contribution < 1.29 is 18.1 Å². The maximum absolute atomic E-state index is 13.3. The summed E-state index contributed by atoms with van der Waals surface area (Å²) in [6, 6.07) is 21.0. The standard InChI is InChI=1S/C25H26N4O5S/c1-3-28(4-2)35(32,33)25-16-19(29(30)31)14-15-21(25)26-27-22-17-24(18-10-6-5-7-11-18)34-23-13-9-8-12-20(22)23/h5-16,24,26H,3-4,17H2,1-2H3/b27-22+. The average molecular weight is 495 g/mol. The van der Waals surface area contributed by atoms with Crippen LogP contribution in [-0.4, -0.2) is 36.4 Å². The monoisotopic (exact) mass is 494 g/mol. The number of anilines is 1. The number of fused-ring (bicyclic) bond motifs is 1. The lowest BCUT2D eigenvalue weighted by Crippen LogP contribution is -2.31. The predicted octanol–water partition coefficient (Wildman–Crippen LogP) is 4.97. The van der Waals surface area contributed by atoms with E-state index in [1.54, 1.807) is 13.8 Å². The van der Waals surface area contributed by atoms with E-state index in [1.165, 1.54) is 16.4 Å². The minimum absolute atomic E-state index is 0.162. The van der Waals surface area contributed by atoms with Gasteiger partial charge in [0.05, 0.1) is 16.3 Å². The van der Waals surface area contributed by atoms with Crippen molar-refractivity contribution in [1.82, 2.24) is 4.31 Å². The Balaban J connectivity index is 1.75. The number of hydrogen-bond acceptors (Lipinski definition) is 7. The van der Waals surface area contributed by atoms with Crippen LogP contribution in [0.1, 0.15) is 37.5 Å². The molecular formula is C25H26N4O5S. The fourth-order valence-corrected chi connectivity index (χ4v) is 5.63. The second kappa shape index (κ2) is 10.2. The van der Waals surface area contributed by atoms with Crippen molar-refractivity contribution in [2.24, 2.45) is 5.10 Å². The van der Waals surface area contributed by atoms with Crippen LogP contribution in [0.4, 0.5) is 11.4 Å². The number of non-ortho nitro benzene ring substituents is 1. The molecule has 1 aliphatic heterocycles. The summed E-state index contributed by atoms with van der Waals surface area (Å²) >= 11 is 0. The van der Waals surface area contributed by atoms with E-state index >= 15 is 0 Å². The minimum Gasteiger partial charge on any atom is -0.485 e. The third-order valence-corrected chi connectivity index (χ3v) is 7.92. The number of rotatable bonds is 8. The van der Waals surface area contributed by atoms with Gasteiger partial charge in [-0.1, -0.05) is 56.3 Å². The van der Waals surface area contributed by atoms with Crippen LogP contribution >= 0.6 is 0 Å². The van der Waals surface area contributed by atoms with Gasteiger partial charge in [-0.15, -0.1) is 0 Å². The van der Waals surface area contributed by atoms with E-state index in [2.05, 4.69) is 10.5 Å². The summed E-state index contributed by atoms with van der Waals surface area (Å²) in [5.41, 5.74) is 5.20. The van der Waals surface area contributed by atoms with Crippen LogP contribution in [0.25, 0.3) is 0 Å². The molecule has 0 spiro atoms. The van der Waals surface area contributed by atoms with Crippen molar-refractivity contribution in [2.75, 3.05) is 18.5 Å². The average Bonchev–Trinajstić information content (AvgIpc) is 2.88. The number of hydrogen-bond donors (Lipinski definition) is 1. The molecule has 4 rings (SSSR count). The fourth-order valence-electron chi connectivity index (χ4n) is 4.01. The molecule has 0 saturated heterocycles. The summed E-state index contributed by atoms with van der Waals surface area (Å²) in [5.74, 6) is 0.674. The largest absolute Gasteiger partial charge is 0.485 e. The second-order valence-corrected chi connectivity index (χ2v) is 9.82. The van der Waals surface area contributed by atoms with E-state index in [9.17, 15) is 18.5 Å². The zero-order chi connectivity index (χ0) is 25.0. The molecule has 0 radical (unpaired) electrons. The van der Waals surface area contributed by atoms with Crippen molar-refractivity contribution >= 4 is 27.1 Å². The van der Waals surface area contributed by atoms with Gasteiger partial charge in [-0.05, 0) is 23.8 Å². The number of nitrogens with one attached hydrogen (secondary N) is 1. The SMILES string of the molecule is CCN(CC)S(=O)(=O)c1cc([N+](=O)[O-])ccc1N/N=C1\CC(c2ccccc2)Oc2ccccc21. The van der Waals surface area contributed by atoms with Gasteiger partial charge in [0.2, 0.25) is 10.0 Å². The van der Waals surface area contributed by atoms with E-state index < -0.39 is 14.9 Å². The first-order valence-electron chi connectivity index (χ1n) is 11.3. The highest BCUT2D eigenvalue weighted by molar-refractivity contribution is 7.89. The lowest BCUT2D eigenvalue weighted by atomic mass is 9.96. The zero-order valence-electron chi connectivity index (χ0n) is 19.4. The second-order valence-electron chi connectivity index (χ2n) is 7.91. The Kier molecular flexibility index (Phi) is 7.13. The number of hydrazone groups is 1. The van der Waals surface area contributed by atoms with Gasteiger partial charge in [0.25, 0.3) is 5.69 Å². The van der Waals surface area contributed by atoms with Gasteiger partial charge in [0, 0.05) is 37.2 Å². The Morgan fingerprint density at radius 2 is 1.74 bits per heavy atom. The number of ether oxygens (including phenoxy) is 1. The van der Waals surface area contributed by atoms with Crippen LogP contribution in [0.5, 0.6) is 5.75 Å². The minimum atomic E-state index is -3.98. The predicted molar refractivity (Wildman–Crippen MR) is 134 cm³/mol. The smallest absolute Gasteiger partial charge is 0.270 e. The molecule has 10 heteroatoms. The highest BCUT2D eigenvalue weighted by Gasteiger charge is 2.29. The molecule has 0 bridgehead atoms. The van der Waals surface area contributed by atoms with Crippen LogP contribution in [-0.2, 0) is 10.0 Å². The van der Waals surface area contributed by atoms with Crippen LogP contribution in [0.3, 0.4) is 0 Å². The molecule has 9 nitrogen and oxygen atoms in total. The maximum Gasteiger partial charge on any atom is 0.270 e. The van der Waals surface area contributed by atoms with Crippen LogP contribution in [0, 0.1) is 10.1 Å². The quantitative estimate of drug-likeness (QED) is 0.349. The van der Waals surface area contributed by atoms with Gasteiger partial charge in [0.15, 0.2) is 0 Å². The molecule has 35 heavy (non-hydrogen) atoms. The van der Waals surface area contributed by atoms with E-state index in [0.29, 0.717) is 17.9 Å². The molecule has 0 saturated carbocycles. The van der Waals surface area contributed by atoms with Crippen molar-refractivity contribution in [3.63, 3.8) is 0 Å². The molecule has 1 N–H and O–H groups in total. The summed E-state index contributed by atoms with van der Waals surface area (Å²) in [6.07, 6.45) is 0.196.